The SMILES string of the molecule is CCOc1cc(C)ccc1CNC(=O)[C@@H]1CC[C@H](C(=O)O)O1. The van der Waals surface area contributed by atoms with Crippen molar-refractivity contribution >= 4 is 11.9 Å². The summed E-state index contributed by atoms with van der Waals surface area (Å²) in [6.45, 7) is 4.76. The second kappa shape index (κ2) is 7.26. The van der Waals surface area contributed by atoms with E-state index in [1.165, 1.54) is 0 Å². The lowest BCUT2D eigenvalue weighted by Gasteiger charge is -2.14. The van der Waals surface area contributed by atoms with Crippen LogP contribution in [0.25, 0.3) is 0 Å². The van der Waals surface area contributed by atoms with Gasteiger partial charge in [-0.05, 0) is 38.3 Å². The molecule has 120 valence electrons. The van der Waals surface area contributed by atoms with Gasteiger partial charge in [-0.2, -0.15) is 0 Å². The minimum atomic E-state index is -1.02. The number of carbonyl (C=O) groups is 2. The van der Waals surface area contributed by atoms with Gasteiger partial charge in [-0.3, -0.25) is 4.79 Å². The molecule has 6 nitrogen and oxygen atoms in total. The largest absolute Gasteiger partial charge is 0.494 e. The average molecular weight is 307 g/mol. The fraction of sp³-hybridized carbons (Fsp3) is 0.500. The van der Waals surface area contributed by atoms with E-state index in [-0.39, 0.29) is 5.91 Å². The van der Waals surface area contributed by atoms with Crippen molar-refractivity contribution in [3.63, 3.8) is 0 Å². The van der Waals surface area contributed by atoms with Crippen LogP contribution in [0.3, 0.4) is 0 Å². The lowest BCUT2D eigenvalue weighted by molar-refractivity contribution is -0.151. The number of carbonyl (C=O) groups excluding carboxylic acids is 1. The summed E-state index contributed by atoms with van der Waals surface area (Å²) < 4.78 is 10.8. The molecule has 2 rings (SSSR count). The van der Waals surface area contributed by atoms with Crippen LogP contribution in [0.4, 0.5) is 0 Å². The Balaban J connectivity index is 1.93. The number of ether oxygens (including phenoxy) is 2. The summed E-state index contributed by atoms with van der Waals surface area (Å²) in [5.74, 6) is -0.558. The van der Waals surface area contributed by atoms with Crippen molar-refractivity contribution in [3.8, 4) is 5.75 Å². The lowest BCUT2D eigenvalue weighted by atomic mass is 10.1. The second-order valence-electron chi connectivity index (χ2n) is 5.29. The number of carboxylic acid groups (broad SMARTS) is 1. The monoisotopic (exact) mass is 307 g/mol. The highest BCUT2D eigenvalue weighted by Gasteiger charge is 2.34. The first-order valence-electron chi connectivity index (χ1n) is 7.39. The van der Waals surface area contributed by atoms with Crippen molar-refractivity contribution in [2.45, 2.75) is 45.4 Å². The number of amides is 1. The molecule has 1 saturated heterocycles. The van der Waals surface area contributed by atoms with Crippen LogP contribution in [-0.4, -0.2) is 35.8 Å². The molecular weight excluding hydrogens is 286 g/mol. The number of hydrogen-bond acceptors (Lipinski definition) is 4. The molecule has 1 aliphatic heterocycles. The maximum absolute atomic E-state index is 12.1. The van der Waals surface area contributed by atoms with Crippen LogP contribution >= 0.6 is 0 Å². The van der Waals surface area contributed by atoms with E-state index in [0.29, 0.717) is 26.0 Å². The van der Waals surface area contributed by atoms with Gasteiger partial charge in [0, 0.05) is 12.1 Å². The summed E-state index contributed by atoms with van der Waals surface area (Å²) in [5, 5.41) is 11.7. The molecule has 2 N–H and O–H groups in total. The summed E-state index contributed by atoms with van der Waals surface area (Å²) in [7, 11) is 0. The smallest absolute Gasteiger partial charge is 0.332 e. The van der Waals surface area contributed by atoms with Gasteiger partial charge in [-0.1, -0.05) is 12.1 Å². The molecule has 1 amide bonds. The molecule has 1 heterocycles. The number of carboxylic acids is 1. The summed E-state index contributed by atoms with van der Waals surface area (Å²) in [6, 6.07) is 5.80. The molecule has 0 spiro atoms. The van der Waals surface area contributed by atoms with E-state index < -0.39 is 18.2 Å². The van der Waals surface area contributed by atoms with E-state index in [4.69, 9.17) is 14.6 Å². The average Bonchev–Trinajstić information content (AvgIpc) is 2.96. The Kier molecular flexibility index (Phi) is 5.38. The van der Waals surface area contributed by atoms with E-state index >= 15 is 0 Å². The maximum Gasteiger partial charge on any atom is 0.332 e. The zero-order valence-electron chi connectivity index (χ0n) is 12.8. The topological polar surface area (TPSA) is 84.9 Å². The fourth-order valence-electron chi connectivity index (χ4n) is 2.41. The standard InChI is InChI=1S/C16H21NO5/c1-3-21-14-8-10(2)4-5-11(14)9-17-15(18)12-6-7-13(22-12)16(19)20/h4-5,8,12-13H,3,6-7,9H2,1-2H3,(H,17,18)(H,19,20)/t12-,13+/m0/s1. The number of hydrogen-bond donors (Lipinski definition) is 2. The van der Waals surface area contributed by atoms with Crippen LogP contribution in [0.1, 0.15) is 30.9 Å². The number of aliphatic carboxylic acids is 1. The normalized spacial score (nSPS) is 20.6. The Morgan fingerprint density at radius 3 is 2.73 bits per heavy atom. The quantitative estimate of drug-likeness (QED) is 0.834. The summed E-state index contributed by atoms with van der Waals surface area (Å²) in [5.41, 5.74) is 1.97. The van der Waals surface area contributed by atoms with Gasteiger partial charge in [0.25, 0.3) is 0 Å². The minimum Gasteiger partial charge on any atom is -0.494 e. The Bertz CT molecular complexity index is 557. The zero-order chi connectivity index (χ0) is 16.1. The molecule has 0 bridgehead atoms. The third kappa shape index (κ3) is 3.98. The molecule has 1 aromatic carbocycles. The predicted molar refractivity (Wildman–Crippen MR) is 79.7 cm³/mol. The van der Waals surface area contributed by atoms with Gasteiger partial charge in [0.15, 0.2) is 6.10 Å². The van der Waals surface area contributed by atoms with Gasteiger partial charge in [0.2, 0.25) is 5.91 Å². The Hall–Kier alpha value is -2.08. The molecule has 6 heteroatoms. The Labute approximate surface area is 129 Å². The van der Waals surface area contributed by atoms with Gasteiger partial charge in [0.1, 0.15) is 11.9 Å². The van der Waals surface area contributed by atoms with E-state index in [9.17, 15) is 9.59 Å². The van der Waals surface area contributed by atoms with Crippen LogP contribution in [0, 0.1) is 6.92 Å². The Morgan fingerprint density at radius 2 is 2.09 bits per heavy atom. The molecule has 2 atom stereocenters. The first-order chi connectivity index (χ1) is 10.5. The lowest BCUT2D eigenvalue weighted by Crippen LogP contribution is -2.35. The molecule has 0 aliphatic carbocycles. The highest BCUT2D eigenvalue weighted by atomic mass is 16.5. The highest BCUT2D eigenvalue weighted by Crippen LogP contribution is 2.22. The molecule has 0 aromatic heterocycles. The third-order valence-corrected chi connectivity index (χ3v) is 3.56. The third-order valence-electron chi connectivity index (χ3n) is 3.56. The minimum absolute atomic E-state index is 0.285. The first-order valence-corrected chi connectivity index (χ1v) is 7.39. The van der Waals surface area contributed by atoms with Crippen molar-refractivity contribution in [2.75, 3.05) is 6.61 Å². The highest BCUT2D eigenvalue weighted by molar-refractivity contribution is 5.82. The second-order valence-corrected chi connectivity index (χ2v) is 5.29. The zero-order valence-corrected chi connectivity index (χ0v) is 12.8. The van der Waals surface area contributed by atoms with Crippen LogP contribution < -0.4 is 10.1 Å². The summed E-state index contributed by atoms with van der Waals surface area (Å²) in [6.07, 6.45) is -0.784. The number of nitrogens with one attached hydrogen (secondary N) is 1. The molecule has 0 radical (unpaired) electrons. The van der Waals surface area contributed by atoms with Crippen LogP contribution in [0.5, 0.6) is 5.75 Å². The van der Waals surface area contributed by atoms with Crippen LogP contribution in [0.15, 0.2) is 18.2 Å². The van der Waals surface area contributed by atoms with E-state index in [2.05, 4.69) is 5.32 Å². The Morgan fingerprint density at radius 1 is 1.36 bits per heavy atom. The van der Waals surface area contributed by atoms with E-state index in [1.54, 1.807) is 0 Å². The molecule has 0 unspecified atom stereocenters. The van der Waals surface area contributed by atoms with Crippen molar-refractivity contribution in [3.05, 3.63) is 29.3 Å². The number of rotatable bonds is 6. The van der Waals surface area contributed by atoms with Gasteiger partial charge >= 0.3 is 5.97 Å². The van der Waals surface area contributed by atoms with Crippen molar-refractivity contribution in [1.29, 1.82) is 0 Å². The molecule has 0 saturated carbocycles. The summed E-state index contributed by atoms with van der Waals surface area (Å²) in [4.78, 5) is 22.9. The van der Waals surface area contributed by atoms with E-state index in [0.717, 1.165) is 16.9 Å². The maximum atomic E-state index is 12.1. The van der Waals surface area contributed by atoms with Crippen LogP contribution in [0.2, 0.25) is 0 Å². The van der Waals surface area contributed by atoms with E-state index in [1.807, 2.05) is 32.0 Å². The number of benzene rings is 1. The molecular formula is C16H21NO5. The van der Waals surface area contributed by atoms with Gasteiger partial charge in [-0.15, -0.1) is 0 Å². The van der Waals surface area contributed by atoms with Gasteiger partial charge in [0.05, 0.1) is 6.61 Å². The number of aryl methyl sites for hydroxylation is 1. The molecule has 1 fully saturated rings. The molecule has 22 heavy (non-hydrogen) atoms. The van der Waals surface area contributed by atoms with Crippen LogP contribution in [-0.2, 0) is 20.9 Å². The summed E-state index contributed by atoms with van der Waals surface area (Å²) >= 11 is 0. The van der Waals surface area contributed by atoms with Crippen molar-refractivity contribution in [2.24, 2.45) is 0 Å². The molecule has 1 aromatic rings. The van der Waals surface area contributed by atoms with Crippen molar-refractivity contribution < 1.29 is 24.2 Å². The van der Waals surface area contributed by atoms with Gasteiger partial charge < -0.3 is 19.9 Å². The van der Waals surface area contributed by atoms with Gasteiger partial charge in [-0.25, -0.2) is 4.79 Å². The fourth-order valence-corrected chi connectivity index (χ4v) is 2.41. The van der Waals surface area contributed by atoms with Crippen molar-refractivity contribution in [1.82, 2.24) is 5.32 Å². The first kappa shape index (κ1) is 16.3. The predicted octanol–water partition coefficient (Wildman–Crippen LogP) is 1.64. The molecule has 1 aliphatic rings.